The zero-order valence-corrected chi connectivity index (χ0v) is 30.5. The number of hydrogen-bond acceptors (Lipinski definition) is 1. The van der Waals surface area contributed by atoms with Crippen molar-refractivity contribution < 1.29 is 5.48 Å². The summed E-state index contributed by atoms with van der Waals surface area (Å²) in [4.78, 5) is 1.85. The second-order valence-electron chi connectivity index (χ2n) is 13.9. The molecule has 1 heterocycles. The Morgan fingerprint density at radius 3 is 1.38 bits per heavy atom. The monoisotopic (exact) mass is 718 g/mol. The lowest BCUT2D eigenvalue weighted by molar-refractivity contribution is 1.18. The standard InChI is InChI=1S/C54H38N2/c1-4-13-39(14-5-1)41-23-30-48(31-24-41)55(49-32-25-42(26-33-49)45-18-12-17-44(37-45)40-15-6-2-7-16-40)50-34-27-43(28-35-50)46-29-36-54-52(38-46)51-21-10-11-22-53(51)56(54)47-19-8-3-9-20-47/h1-38H/i27D,28D,34D,35D. The third-order valence-electron chi connectivity index (χ3n) is 10.5. The van der Waals surface area contributed by atoms with Gasteiger partial charge in [0.15, 0.2) is 0 Å². The molecule has 2 heteroatoms. The Morgan fingerprint density at radius 2 is 0.750 bits per heavy atom. The van der Waals surface area contributed by atoms with E-state index in [1.165, 1.54) is 0 Å². The predicted octanol–water partition coefficient (Wildman–Crippen LogP) is 14.9. The van der Waals surface area contributed by atoms with Crippen LogP contribution < -0.4 is 4.90 Å². The van der Waals surface area contributed by atoms with Crippen LogP contribution in [0.5, 0.6) is 0 Å². The lowest BCUT2D eigenvalue weighted by Crippen LogP contribution is -2.09. The molecular weight excluding hydrogens is 677 g/mol. The molecule has 1 aromatic heterocycles. The highest BCUT2D eigenvalue weighted by atomic mass is 15.1. The minimum atomic E-state index is -0.121. The Bertz CT molecular complexity index is 3130. The molecule has 0 aliphatic heterocycles. The van der Waals surface area contributed by atoms with Gasteiger partial charge in [0.25, 0.3) is 0 Å². The fourth-order valence-corrected chi connectivity index (χ4v) is 7.70. The van der Waals surface area contributed by atoms with Gasteiger partial charge in [-0.15, -0.1) is 0 Å². The van der Waals surface area contributed by atoms with Crippen molar-refractivity contribution >= 4 is 38.9 Å². The molecule has 0 saturated carbocycles. The van der Waals surface area contributed by atoms with Crippen LogP contribution in [0, 0.1) is 0 Å². The third kappa shape index (κ3) is 6.24. The largest absolute Gasteiger partial charge is 0.311 e. The van der Waals surface area contributed by atoms with Crippen molar-refractivity contribution in [1.29, 1.82) is 0 Å². The molecule has 0 aliphatic carbocycles. The van der Waals surface area contributed by atoms with E-state index in [4.69, 9.17) is 0 Å². The molecule has 0 amide bonds. The Kier molecular flexibility index (Phi) is 7.47. The SMILES string of the molecule is [2H]c1c([2H])c(N(c2ccc(-c3ccccc3)cc2)c2ccc(-c3cccc(-c4ccccc4)c3)cc2)c([2H])c([2H])c1-c1ccc2c(c1)c1ccccc1n2-c1ccccc1. The van der Waals surface area contributed by atoms with Gasteiger partial charge in [0.2, 0.25) is 0 Å². The van der Waals surface area contributed by atoms with Crippen LogP contribution >= 0.6 is 0 Å². The first-order valence-electron chi connectivity index (χ1n) is 20.9. The zero-order chi connectivity index (χ0) is 40.7. The molecule has 0 bridgehead atoms. The van der Waals surface area contributed by atoms with Gasteiger partial charge in [-0.1, -0.05) is 158 Å². The summed E-state index contributed by atoms with van der Waals surface area (Å²) in [7, 11) is 0. The van der Waals surface area contributed by atoms with Crippen LogP contribution in [-0.4, -0.2) is 4.57 Å². The zero-order valence-electron chi connectivity index (χ0n) is 34.5. The average molecular weight is 719 g/mol. The van der Waals surface area contributed by atoms with Gasteiger partial charge in [-0.25, -0.2) is 0 Å². The second-order valence-corrected chi connectivity index (χ2v) is 13.9. The van der Waals surface area contributed by atoms with Crippen molar-refractivity contribution in [3.05, 3.63) is 230 Å². The number of aromatic nitrogens is 1. The average Bonchev–Trinajstić information content (AvgIpc) is 3.65. The van der Waals surface area contributed by atoms with Gasteiger partial charge >= 0.3 is 0 Å². The number of anilines is 3. The van der Waals surface area contributed by atoms with Crippen LogP contribution in [0.15, 0.2) is 230 Å². The summed E-state index contributed by atoms with van der Waals surface area (Å²) in [5.74, 6) is 0. The predicted molar refractivity (Wildman–Crippen MR) is 237 cm³/mol. The topological polar surface area (TPSA) is 8.17 Å². The summed E-state index contributed by atoms with van der Waals surface area (Å²) in [6, 6.07) is 69.0. The van der Waals surface area contributed by atoms with E-state index in [1.54, 1.807) is 0 Å². The number of benzene rings is 9. The minimum Gasteiger partial charge on any atom is -0.311 e. The van der Waals surface area contributed by atoms with Crippen LogP contribution in [0.4, 0.5) is 17.1 Å². The molecule has 264 valence electrons. The lowest BCUT2D eigenvalue weighted by Gasteiger charge is -2.26. The minimum absolute atomic E-state index is 0.0996. The molecule has 0 fully saturated rings. The van der Waals surface area contributed by atoms with E-state index in [2.05, 4.69) is 89.5 Å². The molecule has 0 saturated heterocycles. The molecule has 0 spiro atoms. The Morgan fingerprint density at radius 1 is 0.304 bits per heavy atom. The van der Waals surface area contributed by atoms with Gasteiger partial charge in [0, 0.05) is 33.5 Å². The normalized spacial score (nSPS) is 12.2. The molecule has 0 radical (unpaired) electrons. The van der Waals surface area contributed by atoms with E-state index in [1.807, 2.05) is 126 Å². The third-order valence-corrected chi connectivity index (χ3v) is 10.5. The first kappa shape index (κ1) is 29.0. The molecule has 0 N–H and O–H groups in total. The molecule has 10 rings (SSSR count). The lowest BCUT2D eigenvalue weighted by atomic mass is 9.98. The van der Waals surface area contributed by atoms with Crippen LogP contribution in [0.2, 0.25) is 0 Å². The van der Waals surface area contributed by atoms with Crippen molar-refractivity contribution in [1.82, 2.24) is 4.57 Å². The number of fused-ring (bicyclic) bond motifs is 3. The van der Waals surface area contributed by atoms with Gasteiger partial charge in [0.1, 0.15) is 0 Å². The van der Waals surface area contributed by atoms with Crippen molar-refractivity contribution in [2.75, 3.05) is 4.90 Å². The van der Waals surface area contributed by atoms with Gasteiger partial charge in [-0.3, -0.25) is 0 Å². The molecular formula is C54H38N2. The van der Waals surface area contributed by atoms with Crippen molar-refractivity contribution in [3.8, 4) is 50.2 Å². The summed E-state index contributed by atoms with van der Waals surface area (Å²) < 4.78 is 40.4. The highest BCUT2D eigenvalue weighted by Crippen LogP contribution is 2.39. The summed E-state index contributed by atoms with van der Waals surface area (Å²) in [6.45, 7) is 0. The molecule has 9 aromatic carbocycles. The van der Waals surface area contributed by atoms with Crippen LogP contribution in [0.3, 0.4) is 0 Å². The van der Waals surface area contributed by atoms with Crippen LogP contribution in [-0.2, 0) is 0 Å². The van der Waals surface area contributed by atoms with E-state index < -0.39 is 0 Å². The number of nitrogens with zero attached hydrogens (tertiary/aromatic N) is 2. The van der Waals surface area contributed by atoms with Crippen molar-refractivity contribution in [2.45, 2.75) is 0 Å². The van der Waals surface area contributed by atoms with E-state index in [-0.39, 0.29) is 35.4 Å². The molecule has 0 unspecified atom stereocenters. The van der Waals surface area contributed by atoms with Gasteiger partial charge in [-0.05, 0) is 117 Å². The maximum Gasteiger partial charge on any atom is 0.0645 e. The molecule has 2 nitrogen and oxygen atoms in total. The second kappa shape index (κ2) is 14.4. The number of hydrogen-bond donors (Lipinski definition) is 0. The summed E-state index contributed by atoms with van der Waals surface area (Å²) in [5, 5.41) is 2.02. The fraction of sp³-hybridized carbons (Fsp3) is 0. The van der Waals surface area contributed by atoms with E-state index in [0.29, 0.717) is 11.3 Å². The maximum atomic E-state index is 9.58. The van der Waals surface area contributed by atoms with Gasteiger partial charge < -0.3 is 9.47 Å². The summed E-state index contributed by atoms with van der Waals surface area (Å²) >= 11 is 0. The maximum absolute atomic E-state index is 9.58. The molecule has 0 aliphatic rings. The Balaban J connectivity index is 1.10. The van der Waals surface area contributed by atoms with Gasteiger partial charge in [0.05, 0.1) is 16.5 Å². The highest BCUT2D eigenvalue weighted by Gasteiger charge is 2.16. The smallest absolute Gasteiger partial charge is 0.0645 e. The van der Waals surface area contributed by atoms with E-state index >= 15 is 0 Å². The highest BCUT2D eigenvalue weighted by molar-refractivity contribution is 6.10. The molecule has 10 aromatic rings. The fourth-order valence-electron chi connectivity index (χ4n) is 7.70. The van der Waals surface area contributed by atoms with E-state index in [0.717, 1.165) is 66.6 Å². The number of rotatable bonds is 8. The first-order chi connectivity index (χ1) is 29.4. The van der Waals surface area contributed by atoms with Crippen molar-refractivity contribution in [2.24, 2.45) is 0 Å². The molecule has 0 atom stereocenters. The van der Waals surface area contributed by atoms with Gasteiger partial charge in [-0.2, -0.15) is 0 Å². The van der Waals surface area contributed by atoms with Crippen LogP contribution in [0.1, 0.15) is 5.48 Å². The quantitative estimate of drug-likeness (QED) is 0.152. The number of para-hydroxylation sites is 2. The van der Waals surface area contributed by atoms with Crippen molar-refractivity contribution in [3.63, 3.8) is 0 Å². The van der Waals surface area contributed by atoms with Crippen LogP contribution in [0.25, 0.3) is 72.0 Å². The summed E-state index contributed by atoms with van der Waals surface area (Å²) in [6.07, 6.45) is 0. The summed E-state index contributed by atoms with van der Waals surface area (Å²) in [5.41, 5.74) is 12.1. The molecule has 56 heavy (non-hydrogen) atoms. The van der Waals surface area contributed by atoms with E-state index in [9.17, 15) is 5.48 Å². The Hall–Kier alpha value is -7.42. The Labute approximate surface area is 333 Å². The first-order valence-corrected chi connectivity index (χ1v) is 18.9.